The average molecular weight is 349 g/mol. The van der Waals surface area contributed by atoms with E-state index in [1.54, 1.807) is 12.5 Å². The second kappa shape index (κ2) is 8.64. The van der Waals surface area contributed by atoms with Crippen molar-refractivity contribution in [1.29, 1.82) is 10.8 Å². The number of imidazole rings is 1. The fourth-order valence-electron chi connectivity index (χ4n) is 2.15. The second-order valence-corrected chi connectivity index (χ2v) is 7.34. The van der Waals surface area contributed by atoms with Crippen LogP contribution in [0, 0.1) is 10.8 Å². The lowest BCUT2D eigenvalue weighted by Crippen LogP contribution is -2.10. The first-order chi connectivity index (χ1) is 11.0. The van der Waals surface area contributed by atoms with Crippen LogP contribution in [0.2, 0.25) is 0 Å². The highest BCUT2D eigenvalue weighted by Gasteiger charge is 2.16. The first-order valence-corrected chi connectivity index (χ1v) is 8.94. The molecule has 0 radical (unpaired) electrons. The summed E-state index contributed by atoms with van der Waals surface area (Å²) in [5, 5.41) is 15.0. The summed E-state index contributed by atoms with van der Waals surface area (Å²) in [6, 6.07) is 8.38. The number of nitrogens with two attached hydrogens (primary N) is 2. The SMILES string of the molecule is N=C(N)SCCc1ccc(C[C@H](SC(=N)N)c2cnc[nH]2)cc1. The van der Waals surface area contributed by atoms with Crippen molar-refractivity contribution in [3.8, 4) is 0 Å². The van der Waals surface area contributed by atoms with Gasteiger partial charge in [0.2, 0.25) is 0 Å². The monoisotopic (exact) mass is 348 g/mol. The van der Waals surface area contributed by atoms with Crippen molar-refractivity contribution in [2.75, 3.05) is 5.75 Å². The molecule has 0 aliphatic heterocycles. The Bertz CT molecular complexity index is 638. The first-order valence-electron chi connectivity index (χ1n) is 7.08. The molecule has 1 aromatic heterocycles. The molecule has 0 fully saturated rings. The highest BCUT2D eigenvalue weighted by Crippen LogP contribution is 2.30. The summed E-state index contributed by atoms with van der Waals surface area (Å²) in [6.45, 7) is 0. The van der Waals surface area contributed by atoms with Gasteiger partial charge in [-0.25, -0.2) is 4.98 Å². The number of hydrogen-bond donors (Lipinski definition) is 5. The third-order valence-corrected chi connectivity index (χ3v) is 4.91. The number of nitrogens with one attached hydrogen (secondary N) is 3. The van der Waals surface area contributed by atoms with E-state index in [9.17, 15) is 0 Å². The summed E-state index contributed by atoms with van der Waals surface area (Å²) in [6.07, 6.45) is 5.07. The zero-order chi connectivity index (χ0) is 16.7. The molecular weight excluding hydrogens is 328 g/mol. The minimum absolute atomic E-state index is 0.0501. The number of aryl methyl sites for hydroxylation is 1. The maximum atomic E-state index is 7.51. The van der Waals surface area contributed by atoms with Gasteiger partial charge >= 0.3 is 0 Å². The van der Waals surface area contributed by atoms with E-state index in [0.29, 0.717) is 0 Å². The van der Waals surface area contributed by atoms with Gasteiger partial charge in [-0.3, -0.25) is 10.8 Å². The molecule has 8 heteroatoms. The van der Waals surface area contributed by atoms with Crippen LogP contribution in [0.15, 0.2) is 36.8 Å². The van der Waals surface area contributed by atoms with Gasteiger partial charge in [-0.2, -0.15) is 0 Å². The number of hydrogen-bond acceptors (Lipinski definition) is 5. The van der Waals surface area contributed by atoms with E-state index in [-0.39, 0.29) is 15.6 Å². The Kier molecular flexibility index (Phi) is 6.54. The average Bonchev–Trinajstić information content (AvgIpc) is 3.02. The normalized spacial score (nSPS) is 12.0. The third-order valence-electron chi connectivity index (χ3n) is 3.23. The standard InChI is InChI=1S/C15H20N6S2/c16-14(17)22-6-5-10-1-3-11(4-2-10)7-13(23-15(18)19)12-8-20-9-21-12/h1-4,8-9,13H,5-7H2,(H3,16,17)(H3,18,19)(H,20,21)/t13-/m0/s1. The molecule has 2 aromatic rings. The van der Waals surface area contributed by atoms with E-state index in [1.807, 2.05) is 0 Å². The lowest BCUT2D eigenvalue weighted by atomic mass is 10.0. The van der Waals surface area contributed by atoms with Crippen molar-refractivity contribution in [3.63, 3.8) is 0 Å². The van der Waals surface area contributed by atoms with Gasteiger partial charge in [0.05, 0.1) is 11.6 Å². The minimum Gasteiger partial charge on any atom is -0.379 e. The summed E-state index contributed by atoms with van der Waals surface area (Å²) in [5.74, 6) is 0.811. The molecule has 7 N–H and O–H groups in total. The van der Waals surface area contributed by atoms with Crippen LogP contribution in [0.25, 0.3) is 0 Å². The summed E-state index contributed by atoms with van der Waals surface area (Å²) in [7, 11) is 0. The molecule has 6 nitrogen and oxygen atoms in total. The van der Waals surface area contributed by atoms with E-state index in [4.69, 9.17) is 22.3 Å². The predicted molar refractivity (Wildman–Crippen MR) is 99.1 cm³/mol. The van der Waals surface area contributed by atoms with E-state index in [0.717, 1.165) is 24.3 Å². The van der Waals surface area contributed by atoms with Crippen molar-refractivity contribution in [1.82, 2.24) is 9.97 Å². The Morgan fingerprint density at radius 3 is 2.39 bits per heavy atom. The Labute approximate surface area is 143 Å². The maximum absolute atomic E-state index is 7.51. The Morgan fingerprint density at radius 2 is 1.83 bits per heavy atom. The van der Waals surface area contributed by atoms with E-state index >= 15 is 0 Å². The van der Waals surface area contributed by atoms with Gasteiger partial charge in [0.1, 0.15) is 0 Å². The smallest absolute Gasteiger partial charge is 0.151 e. The van der Waals surface area contributed by atoms with Gasteiger partial charge in [0, 0.05) is 17.6 Å². The molecule has 0 aliphatic carbocycles. The highest BCUT2D eigenvalue weighted by atomic mass is 32.2. The van der Waals surface area contributed by atoms with Crippen LogP contribution in [0.3, 0.4) is 0 Å². The molecule has 0 saturated heterocycles. The summed E-state index contributed by atoms with van der Waals surface area (Å²) < 4.78 is 0. The zero-order valence-corrected chi connectivity index (χ0v) is 14.2. The molecule has 1 aromatic carbocycles. The van der Waals surface area contributed by atoms with Crippen molar-refractivity contribution in [3.05, 3.63) is 53.6 Å². The number of H-pyrrole nitrogens is 1. The molecule has 0 aliphatic rings. The fraction of sp³-hybridized carbons (Fsp3) is 0.267. The molecule has 2 rings (SSSR count). The lowest BCUT2D eigenvalue weighted by Gasteiger charge is -2.14. The van der Waals surface area contributed by atoms with E-state index < -0.39 is 0 Å². The summed E-state index contributed by atoms with van der Waals surface area (Å²) >= 11 is 2.68. The fourth-order valence-corrected chi connectivity index (χ4v) is 3.54. The van der Waals surface area contributed by atoms with Crippen LogP contribution >= 0.6 is 23.5 Å². The molecular formula is C15H20N6S2. The molecule has 0 unspecified atom stereocenters. The van der Waals surface area contributed by atoms with E-state index in [2.05, 4.69) is 34.2 Å². The number of benzene rings is 1. The van der Waals surface area contributed by atoms with Gasteiger partial charge in [-0.05, 0) is 24.0 Å². The van der Waals surface area contributed by atoms with E-state index in [1.165, 1.54) is 34.7 Å². The molecule has 1 atom stereocenters. The molecule has 0 amide bonds. The first kappa shape index (κ1) is 17.4. The second-order valence-electron chi connectivity index (χ2n) is 4.96. The Morgan fingerprint density at radius 1 is 1.13 bits per heavy atom. The highest BCUT2D eigenvalue weighted by molar-refractivity contribution is 8.14. The maximum Gasteiger partial charge on any atom is 0.151 e. The minimum atomic E-state index is 0.0501. The topological polar surface area (TPSA) is 128 Å². The van der Waals surface area contributed by atoms with Gasteiger partial charge in [0.25, 0.3) is 0 Å². The van der Waals surface area contributed by atoms with Crippen molar-refractivity contribution < 1.29 is 0 Å². The van der Waals surface area contributed by atoms with Crippen LogP contribution in [0.5, 0.6) is 0 Å². The van der Waals surface area contributed by atoms with Gasteiger partial charge < -0.3 is 16.5 Å². The number of rotatable bonds is 7. The number of aromatic amines is 1. The number of aromatic nitrogens is 2. The van der Waals surface area contributed by atoms with Gasteiger partial charge in [-0.1, -0.05) is 47.8 Å². The number of nitrogens with zero attached hydrogens (tertiary/aromatic N) is 1. The molecule has 122 valence electrons. The molecule has 0 spiro atoms. The van der Waals surface area contributed by atoms with Crippen LogP contribution in [0.4, 0.5) is 0 Å². The number of thioether (sulfide) groups is 2. The molecule has 0 bridgehead atoms. The Hall–Kier alpha value is -1.93. The largest absolute Gasteiger partial charge is 0.379 e. The van der Waals surface area contributed by atoms with Gasteiger partial charge in [0.15, 0.2) is 10.3 Å². The predicted octanol–water partition coefficient (Wildman–Crippen LogP) is 2.49. The van der Waals surface area contributed by atoms with Crippen LogP contribution < -0.4 is 11.5 Å². The summed E-state index contributed by atoms with van der Waals surface area (Å²) in [5.41, 5.74) is 14.2. The molecule has 1 heterocycles. The molecule has 0 saturated carbocycles. The number of amidine groups is 2. The van der Waals surface area contributed by atoms with Gasteiger partial charge in [-0.15, -0.1) is 0 Å². The van der Waals surface area contributed by atoms with Crippen molar-refractivity contribution >= 4 is 33.9 Å². The van der Waals surface area contributed by atoms with Crippen LogP contribution in [-0.2, 0) is 12.8 Å². The lowest BCUT2D eigenvalue weighted by molar-refractivity contribution is 0.902. The van der Waals surface area contributed by atoms with Crippen molar-refractivity contribution in [2.45, 2.75) is 18.1 Å². The van der Waals surface area contributed by atoms with Crippen molar-refractivity contribution in [2.24, 2.45) is 11.5 Å². The molecule has 23 heavy (non-hydrogen) atoms. The summed E-state index contributed by atoms with van der Waals surface area (Å²) in [4.78, 5) is 7.14. The third kappa shape index (κ3) is 5.99. The Balaban J connectivity index is 1.97. The quantitative estimate of drug-likeness (QED) is 0.388. The van der Waals surface area contributed by atoms with Crippen LogP contribution in [-0.4, -0.2) is 26.1 Å². The zero-order valence-electron chi connectivity index (χ0n) is 12.6. The van der Waals surface area contributed by atoms with Crippen LogP contribution in [0.1, 0.15) is 22.1 Å².